The van der Waals surface area contributed by atoms with Crippen molar-refractivity contribution in [3.8, 4) is 11.1 Å². The largest absolute Gasteiger partial charge is 0.395 e. The van der Waals surface area contributed by atoms with Gasteiger partial charge in [-0.2, -0.15) is 0 Å². The zero-order valence-electron chi connectivity index (χ0n) is 17.5. The highest BCUT2D eigenvalue weighted by molar-refractivity contribution is 6.06. The lowest BCUT2D eigenvalue weighted by atomic mass is 9.50. The number of aliphatic hydroxyl groups excluding tert-OH is 3. The van der Waals surface area contributed by atoms with Crippen LogP contribution in [-0.2, 0) is 14.4 Å². The SMILES string of the molecule is O=C1NC(=O)C2(CO)CC1(CO)CC(CO)(C(=O)Nc1ccc(-c3ccccc3)cc1)C2. The molecule has 0 radical (unpaired) electrons. The van der Waals surface area contributed by atoms with Gasteiger partial charge in [0.05, 0.1) is 36.1 Å². The average molecular weight is 438 g/mol. The van der Waals surface area contributed by atoms with Gasteiger partial charge >= 0.3 is 0 Å². The predicted molar refractivity (Wildman–Crippen MR) is 116 cm³/mol. The average Bonchev–Trinajstić information content (AvgIpc) is 2.83. The molecular formula is C24H26N2O6. The van der Waals surface area contributed by atoms with Crippen molar-refractivity contribution in [3.05, 3.63) is 54.6 Å². The fraction of sp³-hybridized carbons (Fsp3) is 0.375. The van der Waals surface area contributed by atoms with Gasteiger partial charge in [-0.3, -0.25) is 19.7 Å². The number of nitrogens with one attached hydrogen (secondary N) is 2. The second-order valence-electron chi connectivity index (χ2n) is 9.03. The van der Waals surface area contributed by atoms with E-state index in [0.717, 1.165) is 11.1 Å². The van der Waals surface area contributed by atoms with E-state index >= 15 is 0 Å². The van der Waals surface area contributed by atoms with Gasteiger partial charge in [0.1, 0.15) is 0 Å². The maximum absolute atomic E-state index is 13.4. The number of hydrogen-bond donors (Lipinski definition) is 5. The van der Waals surface area contributed by atoms with Crippen molar-refractivity contribution in [2.75, 3.05) is 25.1 Å². The van der Waals surface area contributed by atoms with Gasteiger partial charge in [-0.05, 0) is 42.5 Å². The Hall–Kier alpha value is -3.07. The fourth-order valence-electron chi connectivity index (χ4n) is 5.17. The van der Waals surface area contributed by atoms with Crippen LogP contribution in [0.4, 0.5) is 5.69 Å². The maximum atomic E-state index is 13.4. The summed E-state index contributed by atoms with van der Waals surface area (Å²) >= 11 is 0. The van der Waals surface area contributed by atoms with Gasteiger partial charge in [0.25, 0.3) is 0 Å². The molecule has 1 saturated carbocycles. The molecule has 1 heterocycles. The molecule has 8 heteroatoms. The Kier molecular flexibility index (Phi) is 5.62. The minimum absolute atomic E-state index is 0.0710. The molecular weight excluding hydrogens is 412 g/mol. The third-order valence-corrected chi connectivity index (χ3v) is 6.86. The van der Waals surface area contributed by atoms with Crippen molar-refractivity contribution in [2.45, 2.75) is 19.3 Å². The third-order valence-electron chi connectivity index (χ3n) is 6.86. The second kappa shape index (κ2) is 8.12. The summed E-state index contributed by atoms with van der Waals surface area (Å²) in [6, 6.07) is 16.9. The van der Waals surface area contributed by atoms with Crippen LogP contribution >= 0.6 is 0 Å². The number of piperidine rings is 1. The molecule has 2 fully saturated rings. The van der Waals surface area contributed by atoms with Gasteiger partial charge in [0.15, 0.2) is 0 Å². The number of amides is 3. The summed E-state index contributed by atoms with van der Waals surface area (Å²) in [4.78, 5) is 38.6. The fourth-order valence-corrected chi connectivity index (χ4v) is 5.17. The van der Waals surface area contributed by atoms with E-state index in [1.807, 2.05) is 42.5 Å². The second-order valence-corrected chi connectivity index (χ2v) is 9.03. The molecule has 2 aromatic carbocycles. The van der Waals surface area contributed by atoms with Gasteiger partial charge in [-0.15, -0.1) is 0 Å². The van der Waals surface area contributed by atoms with Crippen LogP contribution in [0.2, 0.25) is 0 Å². The molecule has 3 amide bonds. The van der Waals surface area contributed by atoms with Crippen LogP contribution in [0.3, 0.4) is 0 Å². The Morgan fingerprint density at radius 3 is 1.81 bits per heavy atom. The van der Waals surface area contributed by atoms with Crippen molar-refractivity contribution in [1.29, 1.82) is 0 Å². The molecule has 0 aromatic heterocycles. The predicted octanol–water partition coefficient (Wildman–Crippen LogP) is 1.07. The molecule has 2 aliphatic rings. The molecule has 2 bridgehead atoms. The van der Waals surface area contributed by atoms with Crippen LogP contribution in [0.1, 0.15) is 19.3 Å². The highest BCUT2D eigenvalue weighted by atomic mass is 16.3. The maximum Gasteiger partial charge on any atom is 0.235 e. The normalized spacial score (nSPS) is 29.3. The zero-order chi connectivity index (χ0) is 23.0. The number of hydrogen-bond acceptors (Lipinski definition) is 6. The minimum atomic E-state index is -1.52. The highest BCUT2D eigenvalue weighted by Crippen LogP contribution is 2.57. The number of aliphatic hydroxyl groups is 3. The number of fused-ring (bicyclic) bond motifs is 2. The summed E-state index contributed by atoms with van der Waals surface area (Å²) < 4.78 is 0. The van der Waals surface area contributed by atoms with Crippen molar-refractivity contribution in [3.63, 3.8) is 0 Å². The minimum Gasteiger partial charge on any atom is -0.395 e. The number of rotatable bonds is 6. The Morgan fingerprint density at radius 2 is 1.31 bits per heavy atom. The van der Waals surface area contributed by atoms with Gasteiger partial charge in [-0.1, -0.05) is 42.5 Å². The highest BCUT2D eigenvalue weighted by Gasteiger charge is 2.65. The van der Waals surface area contributed by atoms with Crippen molar-refractivity contribution >= 4 is 23.4 Å². The first-order valence-corrected chi connectivity index (χ1v) is 10.5. The lowest BCUT2D eigenvalue weighted by Crippen LogP contribution is -2.68. The summed E-state index contributed by atoms with van der Waals surface area (Å²) in [6.45, 7) is -1.84. The van der Waals surface area contributed by atoms with Crippen molar-refractivity contribution in [2.24, 2.45) is 16.2 Å². The molecule has 1 aliphatic heterocycles. The molecule has 32 heavy (non-hydrogen) atoms. The molecule has 168 valence electrons. The summed E-state index contributed by atoms with van der Waals surface area (Å²) in [5, 5.41) is 35.3. The first-order valence-electron chi connectivity index (χ1n) is 10.5. The number of carbonyl (C=O) groups is 3. The standard InChI is InChI=1S/C24H26N2O6/c27-13-22(10-23(14-28)12-24(11-22,15-29)21(32)26-20(23)31)19(30)25-18-8-6-17(7-9-18)16-4-2-1-3-5-16/h1-9,27-29H,10-15H2,(H,25,30)(H,26,31,32). The lowest BCUT2D eigenvalue weighted by Gasteiger charge is -2.54. The van der Waals surface area contributed by atoms with E-state index in [-0.39, 0.29) is 19.3 Å². The molecule has 2 atom stereocenters. The molecule has 4 rings (SSSR count). The Labute approximate surface area is 185 Å². The Balaban J connectivity index is 1.62. The topological polar surface area (TPSA) is 136 Å². The molecule has 5 N–H and O–H groups in total. The lowest BCUT2D eigenvalue weighted by molar-refractivity contribution is -0.177. The Morgan fingerprint density at radius 1 is 0.781 bits per heavy atom. The van der Waals surface area contributed by atoms with Crippen LogP contribution in [0.5, 0.6) is 0 Å². The number of anilines is 1. The van der Waals surface area contributed by atoms with Crippen LogP contribution in [0.25, 0.3) is 11.1 Å². The van der Waals surface area contributed by atoms with Crippen molar-refractivity contribution < 1.29 is 29.7 Å². The zero-order valence-corrected chi connectivity index (χ0v) is 17.5. The van der Waals surface area contributed by atoms with Crippen molar-refractivity contribution in [1.82, 2.24) is 5.32 Å². The van der Waals surface area contributed by atoms with E-state index in [2.05, 4.69) is 10.6 Å². The molecule has 8 nitrogen and oxygen atoms in total. The third kappa shape index (κ3) is 3.50. The van der Waals surface area contributed by atoms with E-state index in [1.165, 1.54) is 0 Å². The van der Waals surface area contributed by atoms with Crippen LogP contribution in [-0.4, -0.2) is 52.9 Å². The molecule has 2 aromatic rings. The van der Waals surface area contributed by atoms with Gasteiger partial charge in [0, 0.05) is 5.69 Å². The quantitative estimate of drug-likeness (QED) is 0.428. The Bertz CT molecular complexity index is 1010. The van der Waals surface area contributed by atoms with E-state index in [4.69, 9.17) is 0 Å². The number of benzene rings is 2. The summed E-state index contributed by atoms with van der Waals surface area (Å²) in [5.74, 6) is -1.94. The first-order chi connectivity index (χ1) is 15.3. The van der Waals surface area contributed by atoms with E-state index in [1.54, 1.807) is 12.1 Å². The molecule has 0 spiro atoms. The monoisotopic (exact) mass is 438 g/mol. The molecule has 1 aliphatic carbocycles. The van der Waals surface area contributed by atoms with Crippen LogP contribution in [0, 0.1) is 16.2 Å². The first kappa shape index (κ1) is 22.1. The summed E-state index contributed by atoms with van der Waals surface area (Å²) in [5.41, 5.74) is -1.91. The smallest absolute Gasteiger partial charge is 0.235 e. The van der Waals surface area contributed by atoms with Gasteiger partial charge in [0.2, 0.25) is 17.7 Å². The molecule has 2 unspecified atom stereocenters. The van der Waals surface area contributed by atoms with Crippen LogP contribution in [0.15, 0.2) is 54.6 Å². The van der Waals surface area contributed by atoms with E-state index < -0.39 is 53.8 Å². The number of carbonyl (C=O) groups excluding carboxylic acids is 3. The van der Waals surface area contributed by atoms with Gasteiger partial charge < -0.3 is 20.6 Å². The van der Waals surface area contributed by atoms with Crippen LogP contribution < -0.4 is 10.6 Å². The van der Waals surface area contributed by atoms with Gasteiger partial charge in [-0.25, -0.2) is 0 Å². The number of imide groups is 1. The summed E-state index contributed by atoms with van der Waals surface area (Å²) in [7, 11) is 0. The van der Waals surface area contributed by atoms with E-state index in [9.17, 15) is 29.7 Å². The summed E-state index contributed by atoms with van der Waals surface area (Å²) in [6.07, 6.45) is -0.345. The molecule has 1 saturated heterocycles. The van der Waals surface area contributed by atoms with E-state index in [0.29, 0.717) is 5.69 Å².